The summed E-state index contributed by atoms with van der Waals surface area (Å²) in [5.41, 5.74) is 3.66. The second kappa shape index (κ2) is 20.9. The van der Waals surface area contributed by atoms with Gasteiger partial charge in [0.2, 0.25) is 0 Å². The predicted octanol–water partition coefficient (Wildman–Crippen LogP) is 6.19. The summed E-state index contributed by atoms with van der Waals surface area (Å²) >= 11 is 0. The van der Waals surface area contributed by atoms with Gasteiger partial charge in [-0.1, -0.05) is 37.7 Å². The van der Waals surface area contributed by atoms with Crippen LogP contribution in [-0.4, -0.2) is 107 Å². The van der Waals surface area contributed by atoms with Gasteiger partial charge in [-0.3, -0.25) is 14.4 Å². The van der Waals surface area contributed by atoms with Gasteiger partial charge in [0.05, 0.1) is 30.0 Å². The van der Waals surface area contributed by atoms with Crippen molar-refractivity contribution >= 4 is 58.5 Å². The summed E-state index contributed by atoms with van der Waals surface area (Å²) in [6.45, 7) is 18.5. The van der Waals surface area contributed by atoms with E-state index < -0.39 is 35.7 Å². The molecule has 17 nitrogen and oxygen atoms in total. The molecule has 0 spiro atoms. The van der Waals surface area contributed by atoms with Crippen LogP contribution in [0.15, 0.2) is 42.5 Å². The average Bonchev–Trinajstić information content (AvgIpc) is 3.81. The van der Waals surface area contributed by atoms with Crippen LogP contribution in [0.5, 0.6) is 0 Å². The first-order valence-corrected chi connectivity index (χ1v) is 19.4. The Morgan fingerprint density at radius 2 is 1.69 bits per heavy atom. The molecule has 5 rings (SSSR count). The number of carbonyl (C=O) groups excluding carboxylic acids is 5. The van der Waals surface area contributed by atoms with Crippen LogP contribution in [0.3, 0.4) is 0 Å². The molecule has 0 unspecified atom stereocenters. The van der Waals surface area contributed by atoms with Crippen LogP contribution in [0.25, 0.3) is 22.7 Å². The van der Waals surface area contributed by atoms with Crippen molar-refractivity contribution in [3.8, 4) is 0 Å². The van der Waals surface area contributed by atoms with Crippen molar-refractivity contribution in [2.45, 2.75) is 73.8 Å². The maximum Gasteiger partial charge on any atom is 0.535 e. The van der Waals surface area contributed by atoms with E-state index in [4.69, 9.17) is 19.0 Å². The molecule has 0 atom stereocenters. The lowest BCUT2D eigenvalue weighted by Crippen LogP contribution is -2.35. The molecular weight excluding hydrogens is 767 g/mol. The molecule has 3 heterocycles. The van der Waals surface area contributed by atoms with Gasteiger partial charge in [0.25, 0.3) is 11.8 Å². The number of fused-ring (bicyclic) bond motifs is 2. The molecule has 2 aromatic heterocycles. The van der Waals surface area contributed by atoms with E-state index in [2.05, 4.69) is 44.7 Å². The molecular formula is C41H53FN8O9. The van der Waals surface area contributed by atoms with Crippen molar-refractivity contribution in [2.75, 3.05) is 50.8 Å². The molecule has 59 heavy (non-hydrogen) atoms. The highest BCUT2D eigenvalue weighted by Gasteiger charge is 2.38. The minimum absolute atomic E-state index is 0.0846. The van der Waals surface area contributed by atoms with Crippen molar-refractivity contribution in [2.24, 2.45) is 0 Å². The molecule has 0 aliphatic carbocycles. The molecule has 4 aromatic rings. The molecule has 0 bridgehead atoms. The van der Waals surface area contributed by atoms with Crippen molar-refractivity contribution in [3.63, 3.8) is 0 Å². The van der Waals surface area contributed by atoms with E-state index in [-0.39, 0.29) is 30.4 Å². The third-order valence-electron chi connectivity index (χ3n) is 8.83. The summed E-state index contributed by atoms with van der Waals surface area (Å²) < 4.78 is 29.2. The van der Waals surface area contributed by atoms with Gasteiger partial charge < -0.3 is 34.7 Å². The molecule has 2 aromatic carbocycles. The number of benzene rings is 2. The number of imide groups is 1. The van der Waals surface area contributed by atoms with Crippen molar-refractivity contribution in [1.29, 1.82) is 0 Å². The summed E-state index contributed by atoms with van der Waals surface area (Å²) in [7, 11) is 0. The average molecular weight is 821 g/mol. The van der Waals surface area contributed by atoms with Crippen LogP contribution >= 0.6 is 0 Å². The summed E-state index contributed by atoms with van der Waals surface area (Å²) in [5.74, 6) is -1.34. The zero-order valence-corrected chi connectivity index (χ0v) is 34.8. The lowest BCUT2D eigenvalue weighted by molar-refractivity contribution is -0.112. The molecule has 0 fully saturated rings. The van der Waals surface area contributed by atoms with Gasteiger partial charge in [-0.15, -0.1) is 5.10 Å². The number of para-hydroxylation sites is 1. The monoisotopic (exact) mass is 820 g/mol. The van der Waals surface area contributed by atoms with E-state index in [1.165, 1.54) is 18.2 Å². The number of hydrogen-bond donors (Lipinski definition) is 3. The van der Waals surface area contributed by atoms with E-state index in [9.17, 15) is 28.4 Å². The van der Waals surface area contributed by atoms with Crippen LogP contribution < -0.4 is 20.4 Å². The third kappa shape index (κ3) is 12.3. The van der Waals surface area contributed by atoms with Gasteiger partial charge in [-0.25, -0.2) is 23.7 Å². The van der Waals surface area contributed by atoms with E-state index in [1.807, 2.05) is 6.92 Å². The number of ether oxygens (including phenoxy) is 3. The van der Waals surface area contributed by atoms with Crippen LogP contribution in [0.1, 0.15) is 87.3 Å². The quantitative estimate of drug-likeness (QED) is 0.0429. The summed E-state index contributed by atoms with van der Waals surface area (Å²) in [4.78, 5) is 73.9. The molecule has 1 aliphatic rings. The number of likely N-dealkylation sites (N-methyl/N-ethyl adjacent to an activating group) is 1. The number of alkyl carbamates (subject to hydrolysis) is 1. The number of aryl methyl sites for hydroxylation is 1. The van der Waals surface area contributed by atoms with Gasteiger partial charge in [0.1, 0.15) is 22.5 Å². The SMILES string of the molecule is CC(C)(C)OC(=O)NCCCOC(=O)On1nnc2ccccc21.CCCOC(=O)N1C(=O)/C(=C\c2[nH]c(C)c(C(=O)NCCN(CC)CC)c2C)c2cc(F)ccc21. The zero-order valence-electron chi connectivity index (χ0n) is 34.8. The Kier molecular flexibility index (Phi) is 16.1. The largest absolute Gasteiger partial charge is 0.535 e. The van der Waals surface area contributed by atoms with E-state index in [1.54, 1.807) is 65.0 Å². The molecule has 18 heteroatoms. The number of anilines is 1. The van der Waals surface area contributed by atoms with Crippen molar-refractivity contribution in [3.05, 3.63) is 76.4 Å². The van der Waals surface area contributed by atoms with Crippen molar-refractivity contribution < 1.29 is 47.4 Å². The number of aromatic amines is 1. The Morgan fingerprint density at radius 1 is 0.966 bits per heavy atom. The number of carbonyl (C=O) groups is 5. The Hall–Kier alpha value is -6.30. The maximum atomic E-state index is 14.1. The first-order valence-electron chi connectivity index (χ1n) is 19.4. The van der Waals surface area contributed by atoms with Gasteiger partial charge in [0.15, 0.2) is 0 Å². The molecule has 1 aliphatic heterocycles. The van der Waals surface area contributed by atoms with Crippen LogP contribution in [0.4, 0.5) is 24.5 Å². The smallest absolute Gasteiger partial charge is 0.449 e. The maximum absolute atomic E-state index is 14.1. The molecule has 0 saturated heterocycles. The number of H-pyrrole nitrogens is 1. The Balaban J connectivity index is 0.000000280. The highest BCUT2D eigenvalue weighted by molar-refractivity contribution is 6.41. The highest BCUT2D eigenvalue weighted by atomic mass is 19.1. The number of hydrogen-bond acceptors (Lipinski definition) is 12. The van der Waals surface area contributed by atoms with E-state index >= 15 is 0 Å². The van der Waals surface area contributed by atoms with E-state index in [0.29, 0.717) is 65.0 Å². The fraction of sp³-hybridized carbons (Fsp3) is 0.439. The molecule has 0 saturated carbocycles. The lowest BCUT2D eigenvalue weighted by atomic mass is 10.0. The Morgan fingerprint density at radius 3 is 2.39 bits per heavy atom. The van der Waals surface area contributed by atoms with E-state index in [0.717, 1.165) is 29.4 Å². The number of aromatic nitrogens is 4. The first kappa shape index (κ1) is 45.4. The minimum atomic E-state index is -0.900. The number of nitrogens with zero attached hydrogens (tertiary/aromatic N) is 5. The Bertz CT molecular complexity index is 2150. The van der Waals surface area contributed by atoms with Crippen LogP contribution in [0, 0.1) is 19.7 Å². The second-order valence-electron chi connectivity index (χ2n) is 14.3. The number of amides is 4. The standard InChI is InChI=1S/C26H33FN4O4.C15H20N4O5/c1-6-13-35-26(34)31-22-10-9-18(27)14-19(22)20(25(31)33)15-21-16(4)23(17(5)29-21)24(32)28-11-12-30(7-2)8-3;1-15(2,3)23-13(20)16-9-6-10-22-14(21)24-19-12-8-5-4-7-11(12)17-18-19/h9-10,14-15,29H,6-8,11-13H2,1-5H3,(H,28,32);4-5,7-8H,6,9-10H2,1-3H3,(H,16,20)/b20-15-;. The number of rotatable bonds is 14. The first-order chi connectivity index (χ1) is 28.1. The highest BCUT2D eigenvalue weighted by Crippen LogP contribution is 2.39. The van der Waals surface area contributed by atoms with Gasteiger partial charge in [0, 0.05) is 36.6 Å². The molecule has 3 N–H and O–H groups in total. The lowest BCUT2D eigenvalue weighted by Gasteiger charge is -2.19. The number of nitrogens with one attached hydrogen (secondary N) is 3. The fourth-order valence-corrected chi connectivity index (χ4v) is 5.94. The summed E-state index contributed by atoms with van der Waals surface area (Å²) in [5, 5.41) is 13.1. The summed E-state index contributed by atoms with van der Waals surface area (Å²) in [6, 6.07) is 10.8. The molecule has 4 amide bonds. The van der Waals surface area contributed by atoms with Gasteiger partial charge >= 0.3 is 18.3 Å². The number of halogens is 1. The topological polar surface area (TPSA) is 199 Å². The predicted molar refractivity (Wildman–Crippen MR) is 218 cm³/mol. The van der Waals surface area contributed by atoms with Gasteiger partial charge in [-0.2, -0.15) is 0 Å². The minimum Gasteiger partial charge on any atom is -0.449 e. The summed E-state index contributed by atoms with van der Waals surface area (Å²) in [6.07, 6.45) is 0.366. The van der Waals surface area contributed by atoms with Gasteiger partial charge in [-0.05, 0) is 108 Å². The van der Waals surface area contributed by atoms with Crippen molar-refractivity contribution in [1.82, 2.24) is 35.7 Å². The second-order valence-corrected chi connectivity index (χ2v) is 14.3. The van der Waals surface area contributed by atoms with Crippen LogP contribution in [-0.2, 0) is 19.0 Å². The zero-order chi connectivity index (χ0) is 43.3. The molecule has 0 radical (unpaired) electrons. The Labute approximate surface area is 342 Å². The normalized spacial score (nSPS) is 12.9. The third-order valence-corrected chi connectivity index (χ3v) is 8.83. The van der Waals surface area contributed by atoms with Crippen LogP contribution in [0.2, 0.25) is 0 Å². The fourth-order valence-electron chi connectivity index (χ4n) is 5.94. The molecule has 318 valence electrons.